The molecule has 0 N–H and O–H groups in total. The Bertz CT molecular complexity index is 1530. The summed E-state index contributed by atoms with van der Waals surface area (Å²) in [5, 5.41) is 23.2. The summed E-state index contributed by atoms with van der Waals surface area (Å²) >= 11 is 0. The lowest BCUT2D eigenvalue weighted by Crippen LogP contribution is -2.04. The first kappa shape index (κ1) is 25.2. The summed E-state index contributed by atoms with van der Waals surface area (Å²) in [6.07, 6.45) is 4.13. The van der Waals surface area contributed by atoms with Crippen LogP contribution in [0.2, 0.25) is 0 Å². The van der Waals surface area contributed by atoms with E-state index in [4.69, 9.17) is 9.47 Å². The summed E-state index contributed by atoms with van der Waals surface area (Å²) in [5.41, 5.74) is 3.68. The number of rotatable bonds is 10. The van der Waals surface area contributed by atoms with Gasteiger partial charge in [-0.2, -0.15) is 5.26 Å². The number of hydrogen-bond acceptors (Lipinski definition) is 5. The van der Waals surface area contributed by atoms with Crippen molar-refractivity contribution in [3.8, 4) is 17.6 Å². The molecule has 37 heavy (non-hydrogen) atoms. The van der Waals surface area contributed by atoms with E-state index in [1.165, 1.54) is 12.1 Å². The molecule has 0 saturated carbocycles. The van der Waals surface area contributed by atoms with Gasteiger partial charge in [0.2, 0.25) is 0 Å². The van der Waals surface area contributed by atoms with Crippen molar-refractivity contribution in [3.63, 3.8) is 0 Å². The lowest BCUT2D eigenvalue weighted by atomic mass is 9.98. The largest absolute Gasteiger partial charge is 0.490 e. The Labute approximate surface area is 215 Å². The van der Waals surface area contributed by atoms with Gasteiger partial charge in [-0.3, -0.25) is 10.1 Å². The third-order valence-corrected chi connectivity index (χ3v) is 5.81. The van der Waals surface area contributed by atoms with Crippen molar-refractivity contribution in [2.45, 2.75) is 20.0 Å². The molecule has 6 nitrogen and oxygen atoms in total. The van der Waals surface area contributed by atoms with E-state index in [-0.39, 0.29) is 12.3 Å². The lowest BCUT2D eigenvalue weighted by Gasteiger charge is -2.17. The average Bonchev–Trinajstić information content (AvgIpc) is 2.91. The Kier molecular flexibility index (Phi) is 7.97. The van der Waals surface area contributed by atoms with Gasteiger partial charge in [-0.1, -0.05) is 54.6 Å². The molecule has 4 aromatic carbocycles. The molecule has 0 heterocycles. The monoisotopic (exact) mass is 490 g/mol. The van der Waals surface area contributed by atoms with Gasteiger partial charge >= 0.3 is 0 Å². The van der Waals surface area contributed by atoms with Crippen LogP contribution in [-0.4, -0.2) is 11.5 Å². The molecule has 6 heteroatoms. The minimum absolute atomic E-state index is 0.00987. The predicted octanol–water partition coefficient (Wildman–Crippen LogP) is 7.52. The highest BCUT2D eigenvalue weighted by molar-refractivity contribution is 5.94. The Morgan fingerprint density at radius 2 is 1.84 bits per heavy atom. The van der Waals surface area contributed by atoms with Crippen LogP contribution in [0.25, 0.3) is 22.4 Å². The molecule has 4 rings (SSSR count). The maximum atomic E-state index is 11.1. The third-order valence-electron chi connectivity index (χ3n) is 5.81. The molecule has 0 atom stereocenters. The molecule has 0 aliphatic carbocycles. The molecule has 0 aliphatic heterocycles. The normalized spacial score (nSPS) is 11.1. The van der Waals surface area contributed by atoms with Crippen LogP contribution in [0.4, 0.5) is 5.69 Å². The van der Waals surface area contributed by atoms with E-state index in [1.54, 1.807) is 18.2 Å². The van der Waals surface area contributed by atoms with Crippen LogP contribution in [-0.2, 0) is 13.0 Å². The molecular formula is C31H26N2O4. The molecule has 0 aromatic heterocycles. The minimum atomic E-state index is -0.429. The molecule has 0 fully saturated rings. The lowest BCUT2D eigenvalue weighted by molar-refractivity contribution is -0.384. The van der Waals surface area contributed by atoms with Crippen molar-refractivity contribution in [2.24, 2.45) is 0 Å². The van der Waals surface area contributed by atoms with Crippen LogP contribution in [0.3, 0.4) is 0 Å². The maximum absolute atomic E-state index is 11.1. The van der Waals surface area contributed by atoms with Crippen LogP contribution < -0.4 is 9.47 Å². The zero-order valence-corrected chi connectivity index (χ0v) is 20.5. The van der Waals surface area contributed by atoms with Crippen LogP contribution in [0.5, 0.6) is 11.5 Å². The summed E-state index contributed by atoms with van der Waals surface area (Å²) in [7, 11) is 0. The number of benzene rings is 4. The van der Waals surface area contributed by atoms with E-state index in [0.717, 1.165) is 27.5 Å². The second-order valence-electron chi connectivity index (χ2n) is 8.38. The molecule has 0 unspecified atom stereocenters. The van der Waals surface area contributed by atoms with E-state index < -0.39 is 4.92 Å². The summed E-state index contributed by atoms with van der Waals surface area (Å²) in [6.45, 7) is 6.31. The van der Waals surface area contributed by atoms with E-state index >= 15 is 0 Å². The quantitative estimate of drug-likeness (QED) is 0.0754. The Balaban J connectivity index is 1.71. The van der Waals surface area contributed by atoms with Crippen molar-refractivity contribution in [3.05, 3.63) is 124 Å². The maximum Gasteiger partial charge on any atom is 0.269 e. The van der Waals surface area contributed by atoms with Gasteiger partial charge < -0.3 is 9.47 Å². The van der Waals surface area contributed by atoms with Gasteiger partial charge in [0.25, 0.3) is 5.69 Å². The number of ether oxygens (including phenoxy) is 2. The topological polar surface area (TPSA) is 85.4 Å². The number of non-ortho nitro benzene ring substituents is 1. The van der Waals surface area contributed by atoms with Gasteiger partial charge in [0, 0.05) is 17.7 Å². The highest BCUT2D eigenvalue weighted by Crippen LogP contribution is 2.36. The van der Waals surface area contributed by atoms with Crippen LogP contribution in [0, 0.1) is 21.4 Å². The van der Waals surface area contributed by atoms with Crippen LogP contribution in [0.1, 0.15) is 29.2 Å². The number of nitriles is 1. The molecule has 0 spiro atoms. The van der Waals surface area contributed by atoms with E-state index in [0.29, 0.717) is 35.7 Å². The van der Waals surface area contributed by atoms with Crippen molar-refractivity contribution in [1.82, 2.24) is 0 Å². The summed E-state index contributed by atoms with van der Waals surface area (Å²) in [6, 6.07) is 26.5. The fraction of sp³-hybridized carbons (Fsp3) is 0.129. The third kappa shape index (κ3) is 6.03. The average molecular weight is 491 g/mol. The van der Waals surface area contributed by atoms with Crippen molar-refractivity contribution in [2.75, 3.05) is 6.61 Å². The van der Waals surface area contributed by atoms with Gasteiger partial charge in [0.05, 0.1) is 23.2 Å². The summed E-state index contributed by atoms with van der Waals surface area (Å²) < 4.78 is 12.0. The molecule has 4 aromatic rings. The Hall–Kier alpha value is -4.89. The fourth-order valence-corrected chi connectivity index (χ4v) is 4.12. The van der Waals surface area contributed by atoms with Gasteiger partial charge in [-0.25, -0.2) is 0 Å². The van der Waals surface area contributed by atoms with Crippen molar-refractivity contribution < 1.29 is 14.4 Å². The van der Waals surface area contributed by atoms with E-state index in [9.17, 15) is 15.4 Å². The Morgan fingerprint density at radius 1 is 1.03 bits per heavy atom. The number of fused-ring (bicyclic) bond motifs is 1. The minimum Gasteiger partial charge on any atom is -0.490 e. The first-order chi connectivity index (χ1) is 18.0. The van der Waals surface area contributed by atoms with Gasteiger partial charge in [-0.05, 0) is 65.1 Å². The highest BCUT2D eigenvalue weighted by Gasteiger charge is 2.15. The number of nitro groups is 1. The molecule has 0 amide bonds. The fourth-order valence-electron chi connectivity index (χ4n) is 4.12. The second-order valence-corrected chi connectivity index (χ2v) is 8.38. The van der Waals surface area contributed by atoms with E-state index in [2.05, 4.69) is 12.6 Å². The molecule has 0 radical (unpaired) electrons. The van der Waals surface area contributed by atoms with Crippen LogP contribution in [0.15, 0.2) is 91.5 Å². The van der Waals surface area contributed by atoms with Gasteiger partial charge in [0.15, 0.2) is 11.5 Å². The number of allylic oxidation sites excluding steroid dienone is 2. The van der Waals surface area contributed by atoms with Crippen molar-refractivity contribution in [1.29, 1.82) is 5.26 Å². The number of nitrogens with zero attached hydrogens (tertiary/aromatic N) is 2. The molecular weight excluding hydrogens is 464 g/mol. The number of nitro benzene ring substituents is 1. The second kappa shape index (κ2) is 11.7. The van der Waals surface area contributed by atoms with E-state index in [1.807, 2.05) is 67.6 Å². The number of hydrogen-bond donors (Lipinski definition) is 0. The zero-order valence-electron chi connectivity index (χ0n) is 20.5. The summed E-state index contributed by atoms with van der Waals surface area (Å²) in [5.74, 6) is 1.09. The smallest absolute Gasteiger partial charge is 0.269 e. The van der Waals surface area contributed by atoms with Crippen molar-refractivity contribution >= 4 is 28.1 Å². The first-order valence-corrected chi connectivity index (χ1v) is 11.9. The SMILES string of the molecule is C=CCc1cc(/C=C(/C#N)c2ccc3ccccc3c2)cc(OCC)c1OCc1cccc([N+](=O)[O-])c1. The van der Waals surface area contributed by atoms with Gasteiger partial charge in [0.1, 0.15) is 6.61 Å². The molecule has 0 aliphatic rings. The Morgan fingerprint density at radius 3 is 2.57 bits per heavy atom. The predicted molar refractivity (Wildman–Crippen MR) is 146 cm³/mol. The molecule has 0 bridgehead atoms. The highest BCUT2D eigenvalue weighted by atomic mass is 16.6. The molecule has 184 valence electrons. The zero-order chi connectivity index (χ0) is 26.2. The summed E-state index contributed by atoms with van der Waals surface area (Å²) in [4.78, 5) is 10.7. The first-order valence-electron chi connectivity index (χ1n) is 11.9. The standard InChI is InChI=1S/C31H26N2O4/c1-3-8-27-15-23(16-28(20-32)26-14-13-24-10-5-6-11-25(24)19-26)18-30(36-4-2)31(27)37-21-22-9-7-12-29(17-22)33(34)35/h3,5-7,9-19H,1,4,8,21H2,2H3/b28-16-. The van der Waals surface area contributed by atoms with Gasteiger partial charge in [-0.15, -0.1) is 6.58 Å². The molecule has 0 saturated heterocycles. The van der Waals surface area contributed by atoms with Crippen LogP contribution >= 0.6 is 0 Å².